The average molecular weight is 606 g/mol. The molecule has 2 nitrogen and oxygen atoms in total. The molecule has 0 atom stereocenters. The van der Waals surface area contributed by atoms with Gasteiger partial charge in [-0.2, -0.15) is 0 Å². The Bertz CT molecular complexity index is 48.2. The number of hydrogen-bond acceptors (Lipinski definition) is 1. The molecule has 0 aromatic rings. The predicted molar refractivity (Wildman–Crippen MR) is 17.6 cm³/mol. The Morgan fingerprint density at radius 2 is 1.71 bits per heavy atom. The fraction of sp³-hybridized carbons (Fsp3) is 0. The summed E-state index contributed by atoms with van der Waals surface area (Å²) in [6.07, 6.45) is 1.17. The Hall–Kier alpha value is -2.50. The van der Waals surface area contributed by atoms with Crippen LogP contribution in [0.2, 0.25) is 0 Å². The Balaban J connectivity index is -0.0000000800. The molecule has 0 saturated carbocycles. The van der Waals surface area contributed by atoms with E-state index >= 15 is 0 Å². The molecule has 0 radical (unpaired) electrons. The molecule has 0 rings (SSSR count). The minimum absolute atomic E-state index is 0. The maximum absolute atomic E-state index is 9.58. The van der Waals surface area contributed by atoms with Gasteiger partial charge in [0.1, 0.15) is 5.91 Å². The third-order valence-corrected chi connectivity index (χ3v) is 0.228. The van der Waals surface area contributed by atoms with Crippen molar-refractivity contribution < 1.29 is 10.5 Å². The Morgan fingerprint density at radius 1 is 1.57 bits per heavy atom. The molecule has 0 heterocycles. The first kappa shape index (κ1) is 24.5. The van der Waals surface area contributed by atoms with Gasteiger partial charge in [-0.15, -0.1) is 0 Å². The van der Waals surface area contributed by atoms with Crippen LogP contribution in [-0.4, -0.2) is 5.91 Å². The summed E-state index contributed by atoms with van der Waals surface area (Å²) in [5.74, 6) is -0.231. The van der Waals surface area contributed by atoms with Crippen molar-refractivity contribution in [3.05, 3.63) is 13.3 Å². The van der Waals surface area contributed by atoms with Gasteiger partial charge >= 0.3 is 0 Å². The third-order valence-electron chi connectivity index (χ3n) is 0.228. The van der Waals surface area contributed by atoms with E-state index in [0.717, 1.165) is 0 Å². The molecule has 7 heavy (non-hydrogen) atoms. The van der Waals surface area contributed by atoms with Crippen LogP contribution in [0.5, 0.6) is 0 Å². The summed E-state index contributed by atoms with van der Waals surface area (Å²) in [5.41, 5.74) is 3.00. The maximum atomic E-state index is 9.58. The standard InChI is InChI=1S/C3H5NO.2Rf/c1-2-3(4)5;;/h2H,1H2,(H2,4,5);;/q-2;;/p+1. The number of amides is 1. The minimum Gasteiger partial charge on any atom is -0.488 e. The van der Waals surface area contributed by atoms with E-state index in [1.165, 1.54) is 6.42 Å². The molecule has 34 valence electrons. The van der Waals surface area contributed by atoms with Crippen LogP contribution < -0.4 is 5.73 Å². The Morgan fingerprint density at radius 3 is 1.71 bits per heavy atom. The van der Waals surface area contributed by atoms with Gasteiger partial charge in [-0.1, -0.05) is 0 Å². The smallest absolute Gasteiger partial charge is 0.149 e. The van der Waals surface area contributed by atoms with E-state index in [9.17, 15) is 4.79 Å². The molecule has 0 fully saturated rings. The molecule has 0 bridgehead atoms. The van der Waals surface area contributed by atoms with E-state index in [0.29, 0.717) is 0 Å². The van der Waals surface area contributed by atoms with Gasteiger partial charge in [0.15, 0.2) is 0 Å². The second kappa shape index (κ2) is 9.72. The minimum atomic E-state index is -0.231. The first-order valence-corrected chi connectivity index (χ1v) is 1.25. The number of rotatable bonds is 1. The second-order valence-electron chi connectivity index (χ2n) is 0.670. The molecule has 0 aromatic heterocycles. The van der Waals surface area contributed by atoms with Crippen molar-refractivity contribution in [3.63, 3.8) is 0 Å². The molecule has 0 unspecified atom stereocenters. The Labute approximate surface area is 31.0 Å². The molecule has 0 aliphatic rings. The molecule has 4 heteroatoms. The van der Waals surface area contributed by atoms with Gasteiger partial charge in [-0.25, -0.2) is 0 Å². The van der Waals surface area contributed by atoms with Crippen molar-refractivity contribution in [2.45, 2.75) is 0 Å². The quantitative estimate of drug-likeness (QED) is 0.375. The van der Waals surface area contributed by atoms with E-state index < -0.39 is 0 Å². The van der Waals surface area contributed by atoms with Gasteiger partial charge in [-0.3, -0.25) is 4.79 Å². The average Bonchev–Trinajstić information content (AvgIpc) is 1.38. The van der Waals surface area contributed by atoms with Gasteiger partial charge in [0, 0.05) is 0 Å². The SMILES string of the molecule is [CH2-][CH-]C([NH3+])=O.[Rf].[Rf]. The summed E-state index contributed by atoms with van der Waals surface area (Å²) in [6.45, 7) is 3.15. The van der Waals surface area contributed by atoms with Crippen molar-refractivity contribution in [3.8, 4) is 0 Å². The van der Waals surface area contributed by atoms with Crippen LogP contribution in [0.15, 0.2) is 0 Å². The zero-order chi connectivity index (χ0) is 4.28. The molecular formula is C3H6NORf2-. The van der Waals surface area contributed by atoms with Crippen molar-refractivity contribution in [1.29, 1.82) is 0 Å². The summed E-state index contributed by atoms with van der Waals surface area (Å²) >= 11 is 0. The third kappa shape index (κ3) is 31.5. The summed E-state index contributed by atoms with van der Waals surface area (Å²) in [7, 11) is 0. The van der Waals surface area contributed by atoms with Gasteiger partial charge in [0.25, 0.3) is 0 Å². The first-order valence-electron chi connectivity index (χ1n) is 1.25. The van der Waals surface area contributed by atoms with Crippen LogP contribution in [0, 0.1) is 13.3 Å². The summed E-state index contributed by atoms with van der Waals surface area (Å²) in [5, 5.41) is 0. The fourth-order valence-electron chi connectivity index (χ4n) is 0. The van der Waals surface area contributed by atoms with Crippen molar-refractivity contribution in [2.75, 3.05) is 0 Å². The van der Waals surface area contributed by atoms with Crippen LogP contribution in [0.4, 0.5) is 0 Å². The first-order chi connectivity index (χ1) is 2.27. The van der Waals surface area contributed by atoms with E-state index in [-0.39, 0.29) is 5.91 Å². The van der Waals surface area contributed by atoms with E-state index in [1.54, 1.807) is 0 Å². The monoisotopic (exact) mass is 606 g/mol. The topological polar surface area (TPSA) is 44.7 Å². The molecule has 0 aliphatic heterocycles. The molecule has 0 aliphatic carbocycles. The van der Waals surface area contributed by atoms with Gasteiger partial charge in [-0.05, 0) is 0 Å². The second-order valence-corrected chi connectivity index (χ2v) is 0.670. The summed E-state index contributed by atoms with van der Waals surface area (Å²) < 4.78 is 0. The van der Waals surface area contributed by atoms with Crippen LogP contribution >= 0.6 is 0 Å². The van der Waals surface area contributed by atoms with Crippen molar-refractivity contribution in [1.82, 2.24) is 0 Å². The van der Waals surface area contributed by atoms with Crippen molar-refractivity contribution >= 4 is 5.91 Å². The van der Waals surface area contributed by atoms with E-state index in [1.807, 2.05) is 0 Å². The van der Waals surface area contributed by atoms with Crippen molar-refractivity contribution in [2.24, 2.45) is 0 Å². The van der Waals surface area contributed by atoms with E-state index in [4.69, 9.17) is 0 Å². The summed E-state index contributed by atoms with van der Waals surface area (Å²) in [4.78, 5) is 9.58. The molecule has 1 amide bonds. The number of hydrogen-bond donors (Lipinski definition) is 1. The van der Waals surface area contributed by atoms with Gasteiger partial charge in [0.05, 0.1) is 0 Å². The van der Waals surface area contributed by atoms with Crippen LogP contribution in [0.1, 0.15) is 0 Å². The maximum Gasteiger partial charge on any atom is 0.149 e. The Kier molecular flexibility index (Phi) is 34.0. The molecular weight excluding hydrogens is 600 g/mol. The normalized spacial score (nSPS) is 4.86. The predicted octanol–water partition coefficient (Wildman–Crippen LogP) is -1.21. The van der Waals surface area contributed by atoms with Crippen LogP contribution in [-0.2, 0) is 4.79 Å². The molecule has 0 saturated heterocycles. The van der Waals surface area contributed by atoms with E-state index in [2.05, 4.69) is 12.7 Å². The summed E-state index contributed by atoms with van der Waals surface area (Å²) in [6, 6.07) is 0. The number of quaternary nitrogens is 1. The largest absolute Gasteiger partial charge is 0.488 e. The van der Waals surface area contributed by atoms with Gasteiger partial charge in [0.2, 0.25) is 0 Å². The molecule has 3 N–H and O–H groups in total. The molecule has 0 aromatic carbocycles. The van der Waals surface area contributed by atoms with Gasteiger partial charge < -0.3 is 19.1 Å². The van der Waals surface area contributed by atoms with Crippen LogP contribution in [0.3, 0.4) is 0 Å². The zero-order valence-corrected chi connectivity index (χ0v) is 17.1. The number of carbonyl (C=O) groups excluding carboxylic acids is 1. The molecule has 0 spiro atoms. The zero-order valence-electron chi connectivity index (χ0n) is 4.31. The fourth-order valence-corrected chi connectivity index (χ4v) is 0. The van der Waals surface area contributed by atoms with Crippen LogP contribution in [0.25, 0.3) is 0 Å². The number of carbonyl (C=O) groups is 1.